The van der Waals surface area contributed by atoms with Gasteiger partial charge in [-0.1, -0.05) is 206 Å². The van der Waals surface area contributed by atoms with Gasteiger partial charge in [0.1, 0.15) is 0 Å². The van der Waals surface area contributed by atoms with Crippen LogP contribution in [0.15, 0.2) is 255 Å². The number of rotatable bonds is 9. The normalized spacial score (nSPS) is 11.2. The van der Waals surface area contributed by atoms with Gasteiger partial charge in [0.15, 0.2) is 0 Å². The van der Waals surface area contributed by atoms with Gasteiger partial charge in [-0.3, -0.25) is 0 Å². The maximum atomic E-state index is 2.50. The number of anilines is 3. The Balaban J connectivity index is 1.21. The predicted octanol–water partition coefficient (Wildman–Crippen LogP) is 16.6. The number of hydrogen-bond acceptors (Lipinski definition) is 1. The summed E-state index contributed by atoms with van der Waals surface area (Å²) in [6, 6.07) is 92.2. The van der Waals surface area contributed by atoms with Crippen LogP contribution in [0.25, 0.3) is 83.1 Å². The van der Waals surface area contributed by atoms with Crippen molar-refractivity contribution >= 4 is 38.9 Å². The zero-order valence-electron chi connectivity index (χ0n) is 34.1. The molecule has 62 heavy (non-hydrogen) atoms. The molecule has 0 fully saturated rings. The van der Waals surface area contributed by atoms with Crippen LogP contribution in [0.5, 0.6) is 0 Å². The summed E-state index contributed by atoms with van der Waals surface area (Å²) in [5.74, 6) is 0. The second-order valence-electron chi connectivity index (χ2n) is 15.7. The molecule has 0 bridgehead atoms. The molecule has 0 aliphatic carbocycles. The number of benzene rings is 10. The third-order valence-electron chi connectivity index (χ3n) is 12.0. The standard InChI is InChI=1S/C60H42N2/c1-5-20-43(21-6-1)44-36-38-47(39-37-44)51-29-15-17-33-56(51)62(49-40-41-58-55(42-49)53-30-16-18-34-57(53)61(58)48-26-11-4-12-27-48)59-35-19-32-52(46-24-9-3-10-25-46)60(59)54-31-14-13-28-50(54)45-22-7-2-8-23-45/h1-42H. The summed E-state index contributed by atoms with van der Waals surface area (Å²) in [5.41, 5.74) is 18.5. The van der Waals surface area contributed by atoms with Crippen molar-refractivity contribution in [1.82, 2.24) is 4.57 Å². The summed E-state index contributed by atoms with van der Waals surface area (Å²) in [4.78, 5) is 2.50. The summed E-state index contributed by atoms with van der Waals surface area (Å²) in [6.45, 7) is 0. The first-order chi connectivity index (χ1) is 30.8. The third kappa shape index (κ3) is 6.65. The third-order valence-corrected chi connectivity index (χ3v) is 12.0. The average Bonchev–Trinajstić information content (AvgIpc) is 3.69. The fourth-order valence-electron chi connectivity index (χ4n) is 9.19. The first-order valence-corrected chi connectivity index (χ1v) is 21.3. The lowest BCUT2D eigenvalue weighted by molar-refractivity contribution is 1.18. The highest BCUT2D eigenvalue weighted by atomic mass is 15.1. The molecule has 10 aromatic carbocycles. The molecule has 2 nitrogen and oxygen atoms in total. The van der Waals surface area contributed by atoms with Gasteiger partial charge in [-0.15, -0.1) is 0 Å². The van der Waals surface area contributed by atoms with E-state index >= 15 is 0 Å². The van der Waals surface area contributed by atoms with E-state index in [1.807, 2.05) is 0 Å². The largest absolute Gasteiger partial charge is 0.309 e. The van der Waals surface area contributed by atoms with Crippen LogP contribution in [0.2, 0.25) is 0 Å². The lowest BCUT2D eigenvalue weighted by Crippen LogP contribution is -2.13. The smallest absolute Gasteiger partial charge is 0.0546 e. The lowest BCUT2D eigenvalue weighted by Gasteiger charge is -2.31. The highest BCUT2D eigenvalue weighted by Gasteiger charge is 2.25. The maximum absolute atomic E-state index is 2.50. The first-order valence-electron chi connectivity index (χ1n) is 21.3. The first kappa shape index (κ1) is 36.8. The van der Waals surface area contributed by atoms with Crippen molar-refractivity contribution in [3.8, 4) is 61.3 Å². The molecular formula is C60H42N2. The quantitative estimate of drug-likeness (QED) is 0.141. The fraction of sp³-hybridized carbons (Fsp3) is 0. The highest BCUT2D eigenvalue weighted by molar-refractivity contribution is 6.11. The van der Waals surface area contributed by atoms with Crippen molar-refractivity contribution in [3.63, 3.8) is 0 Å². The van der Waals surface area contributed by atoms with Crippen LogP contribution in [0, 0.1) is 0 Å². The van der Waals surface area contributed by atoms with Gasteiger partial charge in [0, 0.05) is 33.3 Å². The van der Waals surface area contributed by atoms with Gasteiger partial charge in [0.05, 0.1) is 22.4 Å². The summed E-state index contributed by atoms with van der Waals surface area (Å²) in [6.07, 6.45) is 0. The monoisotopic (exact) mass is 790 g/mol. The molecule has 11 rings (SSSR count). The molecule has 0 spiro atoms. The van der Waals surface area contributed by atoms with Crippen LogP contribution in [-0.2, 0) is 0 Å². The summed E-state index contributed by atoms with van der Waals surface area (Å²) < 4.78 is 2.39. The highest BCUT2D eigenvalue weighted by Crippen LogP contribution is 2.50. The van der Waals surface area contributed by atoms with Crippen LogP contribution in [0.4, 0.5) is 17.1 Å². The van der Waals surface area contributed by atoms with Crippen molar-refractivity contribution in [1.29, 1.82) is 0 Å². The zero-order valence-corrected chi connectivity index (χ0v) is 34.1. The number of fused-ring (bicyclic) bond motifs is 3. The Bertz CT molecular complexity index is 3310. The van der Waals surface area contributed by atoms with Crippen LogP contribution >= 0.6 is 0 Å². The molecule has 0 amide bonds. The minimum Gasteiger partial charge on any atom is -0.309 e. The Morgan fingerprint density at radius 3 is 1.45 bits per heavy atom. The van der Waals surface area contributed by atoms with E-state index in [-0.39, 0.29) is 0 Å². The van der Waals surface area contributed by atoms with Gasteiger partial charge in [-0.05, 0) is 93.0 Å². The molecule has 1 aromatic heterocycles. The number of aromatic nitrogens is 1. The van der Waals surface area contributed by atoms with Crippen LogP contribution < -0.4 is 4.90 Å². The van der Waals surface area contributed by atoms with E-state index in [1.165, 1.54) is 66.3 Å². The molecule has 11 aromatic rings. The summed E-state index contributed by atoms with van der Waals surface area (Å²) in [7, 11) is 0. The molecule has 0 N–H and O–H groups in total. The van der Waals surface area contributed by atoms with E-state index in [0.717, 1.165) is 33.9 Å². The maximum Gasteiger partial charge on any atom is 0.0546 e. The minimum atomic E-state index is 1.07. The Labute approximate surface area is 362 Å². The molecule has 0 unspecified atom stereocenters. The van der Waals surface area contributed by atoms with Crippen molar-refractivity contribution in [2.45, 2.75) is 0 Å². The summed E-state index contributed by atoms with van der Waals surface area (Å²) >= 11 is 0. The molecule has 0 saturated carbocycles. The van der Waals surface area contributed by atoms with Crippen LogP contribution in [-0.4, -0.2) is 4.57 Å². The minimum absolute atomic E-state index is 1.07. The van der Waals surface area contributed by atoms with E-state index in [9.17, 15) is 0 Å². The van der Waals surface area contributed by atoms with E-state index in [0.29, 0.717) is 0 Å². The molecular weight excluding hydrogens is 749 g/mol. The van der Waals surface area contributed by atoms with Gasteiger partial charge in [-0.25, -0.2) is 0 Å². The molecule has 0 aliphatic heterocycles. The van der Waals surface area contributed by atoms with Crippen molar-refractivity contribution in [2.75, 3.05) is 4.90 Å². The Morgan fingerprint density at radius 2 is 0.742 bits per heavy atom. The van der Waals surface area contributed by atoms with Gasteiger partial charge in [-0.2, -0.15) is 0 Å². The van der Waals surface area contributed by atoms with Gasteiger partial charge in [0.25, 0.3) is 0 Å². The lowest BCUT2D eigenvalue weighted by atomic mass is 9.87. The van der Waals surface area contributed by atoms with Crippen molar-refractivity contribution in [3.05, 3.63) is 255 Å². The van der Waals surface area contributed by atoms with E-state index in [4.69, 9.17) is 0 Å². The van der Waals surface area contributed by atoms with Gasteiger partial charge in [0.2, 0.25) is 0 Å². The Kier molecular flexibility index (Phi) is 9.57. The van der Waals surface area contributed by atoms with E-state index in [1.54, 1.807) is 0 Å². The van der Waals surface area contributed by atoms with E-state index < -0.39 is 0 Å². The second-order valence-corrected chi connectivity index (χ2v) is 15.7. The number of para-hydroxylation sites is 3. The Morgan fingerprint density at radius 1 is 0.274 bits per heavy atom. The fourth-order valence-corrected chi connectivity index (χ4v) is 9.19. The number of nitrogens with zero attached hydrogens (tertiary/aromatic N) is 2. The molecule has 2 heteroatoms. The van der Waals surface area contributed by atoms with Gasteiger partial charge < -0.3 is 9.47 Å². The summed E-state index contributed by atoms with van der Waals surface area (Å²) in [5, 5.41) is 2.41. The van der Waals surface area contributed by atoms with Crippen molar-refractivity contribution < 1.29 is 0 Å². The van der Waals surface area contributed by atoms with Crippen LogP contribution in [0.3, 0.4) is 0 Å². The van der Waals surface area contributed by atoms with Gasteiger partial charge >= 0.3 is 0 Å². The molecule has 292 valence electrons. The molecule has 1 heterocycles. The zero-order chi connectivity index (χ0) is 41.2. The molecule has 0 saturated heterocycles. The van der Waals surface area contributed by atoms with Crippen LogP contribution in [0.1, 0.15) is 0 Å². The average molecular weight is 791 g/mol. The van der Waals surface area contributed by atoms with E-state index in [2.05, 4.69) is 264 Å². The predicted molar refractivity (Wildman–Crippen MR) is 263 cm³/mol. The SMILES string of the molecule is c1ccc(-c2ccc(-c3ccccc3N(c3ccc4c(c3)c3ccccc3n4-c3ccccc3)c3cccc(-c4ccccc4)c3-c3ccccc3-c3ccccc3)cc2)cc1. The Hall–Kier alpha value is -8.20. The van der Waals surface area contributed by atoms with Crippen molar-refractivity contribution in [2.24, 2.45) is 0 Å². The molecule has 0 atom stereocenters. The number of hydrogen-bond donors (Lipinski definition) is 0. The topological polar surface area (TPSA) is 8.17 Å². The molecule has 0 aliphatic rings. The second kappa shape index (κ2) is 16.1. The molecule has 0 radical (unpaired) electrons.